The molecule has 0 unspecified atom stereocenters. The lowest BCUT2D eigenvalue weighted by molar-refractivity contribution is 0.698. The van der Waals surface area contributed by atoms with E-state index in [-0.39, 0.29) is 0 Å². The summed E-state index contributed by atoms with van der Waals surface area (Å²) in [5.41, 5.74) is 2.56. The average molecular weight is 245 g/mol. The van der Waals surface area contributed by atoms with Crippen molar-refractivity contribution in [2.75, 3.05) is 25.0 Å². The number of nitrogens with one attached hydrogen (secondary N) is 2. The molecular formula is C13H15N3S. The molecule has 0 amide bonds. The van der Waals surface area contributed by atoms with Gasteiger partial charge in [0.2, 0.25) is 0 Å². The minimum absolute atomic E-state index is 0.918. The van der Waals surface area contributed by atoms with Crippen molar-refractivity contribution in [1.29, 1.82) is 0 Å². The molecule has 0 spiro atoms. The van der Waals surface area contributed by atoms with Gasteiger partial charge in [0.05, 0.1) is 10.2 Å². The maximum absolute atomic E-state index is 4.56. The van der Waals surface area contributed by atoms with Crippen LogP contribution in [-0.2, 0) is 0 Å². The van der Waals surface area contributed by atoms with Crippen LogP contribution in [0.3, 0.4) is 0 Å². The highest BCUT2D eigenvalue weighted by Crippen LogP contribution is 2.25. The van der Waals surface area contributed by atoms with Crippen molar-refractivity contribution in [1.82, 2.24) is 10.3 Å². The van der Waals surface area contributed by atoms with Crippen molar-refractivity contribution in [3.63, 3.8) is 0 Å². The first kappa shape index (κ1) is 10.7. The highest BCUT2D eigenvalue weighted by molar-refractivity contribution is 7.22. The summed E-state index contributed by atoms with van der Waals surface area (Å²) in [6.45, 7) is 3.01. The number of fused-ring (bicyclic) bond motifs is 1. The third kappa shape index (κ3) is 2.48. The molecule has 0 bridgehead atoms. The van der Waals surface area contributed by atoms with Crippen LogP contribution in [0.15, 0.2) is 35.9 Å². The van der Waals surface area contributed by atoms with Crippen LogP contribution >= 0.6 is 11.3 Å². The smallest absolute Gasteiger partial charge is 0.184 e. The lowest BCUT2D eigenvalue weighted by atomic mass is 10.1. The number of thiazole rings is 1. The van der Waals surface area contributed by atoms with Gasteiger partial charge in [0.15, 0.2) is 5.13 Å². The maximum atomic E-state index is 4.56. The first-order chi connectivity index (χ1) is 8.42. The van der Waals surface area contributed by atoms with Gasteiger partial charge in [-0.25, -0.2) is 4.98 Å². The van der Waals surface area contributed by atoms with Gasteiger partial charge in [0.1, 0.15) is 0 Å². The van der Waals surface area contributed by atoms with Crippen LogP contribution in [0.2, 0.25) is 0 Å². The van der Waals surface area contributed by atoms with Crippen LogP contribution in [0.25, 0.3) is 10.2 Å². The highest BCUT2D eigenvalue weighted by Gasteiger charge is 2.05. The molecule has 1 aromatic carbocycles. The van der Waals surface area contributed by atoms with E-state index in [1.54, 1.807) is 11.3 Å². The number of benzene rings is 1. The lowest BCUT2D eigenvalue weighted by Crippen LogP contribution is -2.23. The van der Waals surface area contributed by atoms with Crippen molar-refractivity contribution in [3.8, 4) is 0 Å². The summed E-state index contributed by atoms with van der Waals surface area (Å²) in [6, 6.07) is 8.25. The summed E-state index contributed by atoms with van der Waals surface area (Å²) in [6.07, 6.45) is 3.40. The second-order valence-corrected chi connectivity index (χ2v) is 5.19. The first-order valence-corrected chi connectivity index (χ1v) is 6.71. The molecule has 3 rings (SSSR count). The van der Waals surface area contributed by atoms with E-state index in [1.165, 1.54) is 10.3 Å². The average Bonchev–Trinajstić information content (AvgIpc) is 2.80. The van der Waals surface area contributed by atoms with E-state index < -0.39 is 0 Å². The fourth-order valence-electron chi connectivity index (χ4n) is 1.97. The zero-order valence-corrected chi connectivity index (χ0v) is 10.4. The molecular weight excluding hydrogens is 230 g/mol. The molecule has 1 aliphatic rings. The SMILES string of the molecule is C1=C(CNc2nc3ccccc3s2)CCNC1. The predicted octanol–water partition coefficient (Wildman–Crippen LogP) is 2.63. The molecule has 4 heteroatoms. The van der Waals surface area contributed by atoms with Crippen LogP contribution in [0.4, 0.5) is 5.13 Å². The largest absolute Gasteiger partial charge is 0.358 e. The zero-order valence-electron chi connectivity index (χ0n) is 9.57. The Morgan fingerprint density at radius 3 is 3.12 bits per heavy atom. The van der Waals surface area contributed by atoms with E-state index in [2.05, 4.69) is 39.9 Å². The third-order valence-corrected chi connectivity index (χ3v) is 3.91. The highest BCUT2D eigenvalue weighted by atomic mass is 32.1. The van der Waals surface area contributed by atoms with Crippen molar-refractivity contribution >= 4 is 26.7 Å². The second kappa shape index (κ2) is 4.85. The molecule has 88 valence electrons. The summed E-state index contributed by atoms with van der Waals surface area (Å²) in [5, 5.41) is 7.75. The number of rotatable bonds is 3. The molecule has 17 heavy (non-hydrogen) atoms. The Morgan fingerprint density at radius 1 is 1.35 bits per heavy atom. The van der Waals surface area contributed by atoms with E-state index in [4.69, 9.17) is 0 Å². The number of aromatic nitrogens is 1. The normalized spacial score (nSPS) is 15.9. The molecule has 0 saturated carbocycles. The molecule has 2 aromatic rings. The van der Waals surface area contributed by atoms with Gasteiger partial charge in [0.25, 0.3) is 0 Å². The molecule has 2 N–H and O–H groups in total. The summed E-state index contributed by atoms with van der Waals surface area (Å²) in [4.78, 5) is 4.56. The Balaban J connectivity index is 1.70. The van der Waals surface area contributed by atoms with E-state index in [0.29, 0.717) is 0 Å². The quantitative estimate of drug-likeness (QED) is 0.816. The Labute approximate surface area is 105 Å². The Kier molecular flexibility index (Phi) is 3.07. The minimum atomic E-state index is 0.918. The molecule has 0 atom stereocenters. The molecule has 1 aromatic heterocycles. The molecule has 2 heterocycles. The van der Waals surface area contributed by atoms with E-state index in [1.807, 2.05) is 6.07 Å². The summed E-state index contributed by atoms with van der Waals surface area (Å²) >= 11 is 1.72. The standard InChI is InChI=1S/C13H15N3S/c1-2-4-12-11(3-1)16-13(17-12)15-9-10-5-7-14-8-6-10/h1-5,14H,6-9H2,(H,15,16). The number of anilines is 1. The van der Waals surface area contributed by atoms with Crippen molar-refractivity contribution < 1.29 is 0 Å². The van der Waals surface area contributed by atoms with E-state index >= 15 is 0 Å². The molecule has 0 saturated heterocycles. The Morgan fingerprint density at radius 2 is 2.29 bits per heavy atom. The number of hydrogen-bond donors (Lipinski definition) is 2. The molecule has 0 radical (unpaired) electrons. The van der Waals surface area contributed by atoms with Gasteiger partial charge in [-0.2, -0.15) is 0 Å². The fraction of sp³-hybridized carbons (Fsp3) is 0.308. The van der Waals surface area contributed by atoms with Crippen molar-refractivity contribution in [3.05, 3.63) is 35.9 Å². The van der Waals surface area contributed by atoms with Crippen molar-refractivity contribution in [2.45, 2.75) is 6.42 Å². The summed E-state index contributed by atoms with van der Waals surface area (Å²) < 4.78 is 1.24. The Bertz CT molecular complexity index is 511. The van der Waals surface area contributed by atoms with E-state index in [0.717, 1.165) is 36.7 Å². The molecule has 0 fully saturated rings. The van der Waals surface area contributed by atoms with Crippen LogP contribution in [-0.4, -0.2) is 24.6 Å². The molecule has 0 aliphatic carbocycles. The number of hydrogen-bond acceptors (Lipinski definition) is 4. The van der Waals surface area contributed by atoms with E-state index in [9.17, 15) is 0 Å². The predicted molar refractivity (Wildman–Crippen MR) is 73.7 cm³/mol. The maximum Gasteiger partial charge on any atom is 0.184 e. The lowest BCUT2D eigenvalue weighted by Gasteiger charge is -2.13. The Hall–Kier alpha value is -1.39. The van der Waals surface area contributed by atoms with Gasteiger partial charge >= 0.3 is 0 Å². The molecule has 1 aliphatic heterocycles. The van der Waals surface area contributed by atoms with Gasteiger partial charge in [-0.1, -0.05) is 35.1 Å². The minimum Gasteiger partial charge on any atom is -0.358 e. The molecule has 3 nitrogen and oxygen atoms in total. The fourth-order valence-corrected chi connectivity index (χ4v) is 2.83. The van der Waals surface area contributed by atoms with Gasteiger partial charge in [0, 0.05) is 13.1 Å². The van der Waals surface area contributed by atoms with Gasteiger partial charge in [-0.15, -0.1) is 0 Å². The number of para-hydroxylation sites is 1. The first-order valence-electron chi connectivity index (χ1n) is 5.90. The van der Waals surface area contributed by atoms with Crippen molar-refractivity contribution in [2.24, 2.45) is 0 Å². The van der Waals surface area contributed by atoms with Crippen LogP contribution < -0.4 is 10.6 Å². The van der Waals surface area contributed by atoms with Crippen LogP contribution in [0.1, 0.15) is 6.42 Å². The second-order valence-electron chi connectivity index (χ2n) is 4.16. The monoisotopic (exact) mass is 245 g/mol. The third-order valence-electron chi connectivity index (χ3n) is 2.92. The van der Waals surface area contributed by atoms with Crippen LogP contribution in [0, 0.1) is 0 Å². The van der Waals surface area contributed by atoms with Crippen LogP contribution in [0.5, 0.6) is 0 Å². The van der Waals surface area contributed by atoms with Gasteiger partial charge in [-0.05, 0) is 25.1 Å². The number of nitrogens with zero attached hydrogens (tertiary/aromatic N) is 1. The summed E-state index contributed by atoms with van der Waals surface area (Å²) in [5.74, 6) is 0. The zero-order chi connectivity index (χ0) is 11.5. The topological polar surface area (TPSA) is 37.0 Å². The van der Waals surface area contributed by atoms with Gasteiger partial charge < -0.3 is 10.6 Å². The van der Waals surface area contributed by atoms with Gasteiger partial charge in [-0.3, -0.25) is 0 Å². The summed E-state index contributed by atoms with van der Waals surface area (Å²) in [7, 11) is 0.